The minimum atomic E-state index is 0.206. The molecule has 1 aliphatic carbocycles. The Morgan fingerprint density at radius 2 is 2.20 bits per heavy atom. The van der Waals surface area contributed by atoms with E-state index in [1.54, 1.807) is 4.68 Å². The monoisotopic (exact) mass is 227 g/mol. The Labute approximate surface area is 95.6 Å². The Hall–Kier alpha value is -0.540. The quantitative estimate of drug-likeness (QED) is 0.859. The van der Waals surface area contributed by atoms with Gasteiger partial charge in [0, 0.05) is 18.7 Å². The Balaban J connectivity index is 2.16. The molecule has 3 nitrogen and oxygen atoms in total. The zero-order chi connectivity index (χ0) is 11.2. The first kappa shape index (κ1) is 11.0. The summed E-state index contributed by atoms with van der Waals surface area (Å²) < 4.78 is 1.72. The molecule has 1 unspecified atom stereocenters. The van der Waals surface area contributed by atoms with E-state index in [4.69, 9.17) is 17.3 Å². The second kappa shape index (κ2) is 3.49. The molecule has 1 heterocycles. The second-order valence-electron chi connectivity index (χ2n) is 4.94. The maximum atomic E-state index is 6.20. The number of hydrogen-bond donors (Lipinski definition) is 1. The van der Waals surface area contributed by atoms with Crippen LogP contribution in [0.1, 0.15) is 31.0 Å². The van der Waals surface area contributed by atoms with Crippen molar-refractivity contribution in [2.45, 2.75) is 39.2 Å². The van der Waals surface area contributed by atoms with Crippen LogP contribution in [0.4, 0.5) is 0 Å². The topological polar surface area (TPSA) is 43.8 Å². The number of hydrogen-bond acceptors (Lipinski definition) is 2. The molecule has 0 amide bonds. The minimum absolute atomic E-state index is 0.206. The van der Waals surface area contributed by atoms with E-state index in [9.17, 15) is 0 Å². The Morgan fingerprint density at radius 1 is 1.60 bits per heavy atom. The third-order valence-corrected chi connectivity index (χ3v) is 4.10. The van der Waals surface area contributed by atoms with Crippen molar-refractivity contribution in [2.75, 3.05) is 0 Å². The zero-order valence-corrected chi connectivity index (χ0v) is 10.3. The highest BCUT2D eigenvalue weighted by atomic mass is 35.5. The van der Waals surface area contributed by atoms with Gasteiger partial charge in [0.1, 0.15) is 5.15 Å². The number of rotatable bonds is 3. The predicted octanol–water partition coefficient (Wildman–Crippen LogP) is 2.05. The highest BCUT2D eigenvalue weighted by Gasteiger charge is 2.43. The predicted molar refractivity (Wildman–Crippen MR) is 62.0 cm³/mol. The molecule has 2 N–H and O–H groups in total. The molecule has 4 heteroatoms. The van der Waals surface area contributed by atoms with E-state index in [0.717, 1.165) is 22.8 Å². The first-order valence-electron chi connectivity index (χ1n) is 5.37. The Morgan fingerprint density at radius 3 is 2.60 bits per heavy atom. The third-order valence-electron chi connectivity index (χ3n) is 3.63. The second-order valence-corrected chi connectivity index (χ2v) is 5.30. The average molecular weight is 228 g/mol. The van der Waals surface area contributed by atoms with E-state index >= 15 is 0 Å². The SMILES string of the molecule is Cc1nn(C)c(Cl)c1CC(N)C1(C)CC1. The lowest BCUT2D eigenvalue weighted by Gasteiger charge is -2.18. The van der Waals surface area contributed by atoms with Crippen LogP contribution >= 0.6 is 11.6 Å². The summed E-state index contributed by atoms with van der Waals surface area (Å²) in [6.45, 7) is 4.24. The molecule has 1 atom stereocenters. The van der Waals surface area contributed by atoms with E-state index in [1.165, 1.54) is 12.8 Å². The number of halogens is 1. The van der Waals surface area contributed by atoms with Gasteiger partial charge in [-0.2, -0.15) is 5.10 Å². The highest BCUT2D eigenvalue weighted by Crippen LogP contribution is 2.48. The van der Waals surface area contributed by atoms with Crippen molar-refractivity contribution in [1.82, 2.24) is 9.78 Å². The average Bonchev–Trinajstić information content (AvgIpc) is 2.87. The van der Waals surface area contributed by atoms with Gasteiger partial charge in [-0.15, -0.1) is 0 Å². The van der Waals surface area contributed by atoms with E-state index in [0.29, 0.717) is 5.41 Å². The lowest BCUT2D eigenvalue weighted by molar-refractivity contribution is 0.432. The molecule has 84 valence electrons. The van der Waals surface area contributed by atoms with Crippen LogP contribution in [0.5, 0.6) is 0 Å². The highest BCUT2D eigenvalue weighted by molar-refractivity contribution is 6.30. The van der Waals surface area contributed by atoms with Crippen molar-refractivity contribution in [3.8, 4) is 0 Å². The van der Waals surface area contributed by atoms with Crippen molar-refractivity contribution in [2.24, 2.45) is 18.2 Å². The van der Waals surface area contributed by atoms with Crippen LogP contribution in [0.25, 0.3) is 0 Å². The van der Waals surface area contributed by atoms with E-state index in [-0.39, 0.29) is 6.04 Å². The summed E-state index contributed by atoms with van der Waals surface area (Å²) in [6.07, 6.45) is 3.32. The minimum Gasteiger partial charge on any atom is -0.327 e. The van der Waals surface area contributed by atoms with Crippen molar-refractivity contribution in [3.05, 3.63) is 16.4 Å². The fourth-order valence-electron chi connectivity index (χ4n) is 1.94. The first-order chi connectivity index (χ1) is 6.94. The summed E-state index contributed by atoms with van der Waals surface area (Å²) in [5.74, 6) is 0. The molecule has 15 heavy (non-hydrogen) atoms. The van der Waals surface area contributed by atoms with Crippen LogP contribution in [-0.2, 0) is 13.5 Å². The Bertz CT molecular complexity index is 379. The number of nitrogens with zero attached hydrogens (tertiary/aromatic N) is 2. The molecular weight excluding hydrogens is 210 g/mol. The van der Waals surface area contributed by atoms with E-state index in [2.05, 4.69) is 12.0 Å². The largest absolute Gasteiger partial charge is 0.327 e. The van der Waals surface area contributed by atoms with Gasteiger partial charge in [-0.25, -0.2) is 0 Å². The smallest absolute Gasteiger partial charge is 0.130 e. The molecule has 1 saturated carbocycles. The van der Waals surface area contributed by atoms with Gasteiger partial charge in [0.05, 0.1) is 5.69 Å². The molecule has 0 saturated heterocycles. The number of aryl methyl sites for hydroxylation is 2. The lowest BCUT2D eigenvalue weighted by Crippen LogP contribution is -2.32. The lowest BCUT2D eigenvalue weighted by atomic mass is 9.93. The van der Waals surface area contributed by atoms with Gasteiger partial charge in [-0.05, 0) is 31.6 Å². The van der Waals surface area contributed by atoms with Crippen LogP contribution in [0.3, 0.4) is 0 Å². The van der Waals surface area contributed by atoms with E-state index in [1.807, 2.05) is 14.0 Å². The molecule has 1 aliphatic rings. The molecule has 0 aliphatic heterocycles. The molecule has 1 aromatic rings. The number of aromatic nitrogens is 2. The number of nitrogens with two attached hydrogens (primary N) is 1. The summed E-state index contributed by atoms with van der Waals surface area (Å²) in [5.41, 5.74) is 8.65. The van der Waals surface area contributed by atoms with Gasteiger partial charge in [-0.1, -0.05) is 18.5 Å². The first-order valence-corrected chi connectivity index (χ1v) is 5.75. The summed E-state index contributed by atoms with van der Waals surface area (Å²) in [7, 11) is 1.86. The molecule has 0 radical (unpaired) electrons. The molecule has 2 rings (SSSR count). The van der Waals surface area contributed by atoms with Gasteiger partial charge < -0.3 is 5.73 Å². The molecule has 0 spiro atoms. The van der Waals surface area contributed by atoms with Gasteiger partial charge in [0.15, 0.2) is 0 Å². The summed E-state index contributed by atoms with van der Waals surface area (Å²) in [6, 6.07) is 0.206. The van der Waals surface area contributed by atoms with Crippen LogP contribution in [-0.4, -0.2) is 15.8 Å². The van der Waals surface area contributed by atoms with Crippen LogP contribution in [0, 0.1) is 12.3 Å². The standard InChI is InChI=1S/C11H18ClN3/c1-7-8(10(12)15(3)14-7)6-9(13)11(2)4-5-11/h9H,4-6,13H2,1-3H3. The normalized spacial score (nSPS) is 20.3. The van der Waals surface area contributed by atoms with Crippen LogP contribution in [0.15, 0.2) is 0 Å². The van der Waals surface area contributed by atoms with Crippen molar-refractivity contribution in [3.63, 3.8) is 0 Å². The van der Waals surface area contributed by atoms with Crippen LogP contribution in [0.2, 0.25) is 5.15 Å². The van der Waals surface area contributed by atoms with Crippen molar-refractivity contribution in [1.29, 1.82) is 0 Å². The zero-order valence-electron chi connectivity index (χ0n) is 9.55. The van der Waals surface area contributed by atoms with Gasteiger partial charge >= 0.3 is 0 Å². The summed E-state index contributed by atoms with van der Waals surface area (Å²) in [4.78, 5) is 0. The molecule has 0 aromatic carbocycles. The van der Waals surface area contributed by atoms with Crippen LogP contribution < -0.4 is 5.73 Å². The summed E-state index contributed by atoms with van der Waals surface area (Å²) >= 11 is 6.17. The van der Waals surface area contributed by atoms with Gasteiger partial charge in [-0.3, -0.25) is 4.68 Å². The molecule has 1 fully saturated rings. The van der Waals surface area contributed by atoms with Crippen molar-refractivity contribution < 1.29 is 0 Å². The van der Waals surface area contributed by atoms with E-state index < -0.39 is 0 Å². The maximum Gasteiger partial charge on any atom is 0.130 e. The van der Waals surface area contributed by atoms with Gasteiger partial charge in [0.2, 0.25) is 0 Å². The summed E-state index contributed by atoms with van der Waals surface area (Å²) in [5, 5.41) is 5.02. The van der Waals surface area contributed by atoms with Gasteiger partial charge in [0.25, 0.3) is 0 Å². The fraction of sp³-hybridized carbons (Fsp3) is 0.727. The maximum absolute atomic E-state index is 6.20. The molecule has 1 aromatic heterocycles. The van der Waals surface area contributed by atoms with Crippen molar-refractivity contribution >= 4 is 11.6 Å². The molecule has 0 bridgehead atoms. The fourth-order valence-corrected chi connectivity index (χ4v) is 2.19. The Kier molecular flexibility index (Phi) is 2.55. The third kappa shape index (κ3) is 1.91. The molecular formula is C11H18ClN3.